The van der Waals surface area contributed by atoms with Gasteiger partial charge in [-0.3, -0.25) is 0 Å². The number of rotatable bonds is 2. The molecule has 0 heterocycles. The maximum absolute atomic E-state index is 8.52. The number of oxime groups is 1. The van der Waals surface area contributed by atoms with Crippen LogP contribution in [0.25, 0.3) is 0 Å². The van der Waals surface area contributed by atoms with Crippen LogP contribution in [0.15, 0.2) is 32.7 Å². The first kappa shape index (κ1) is 10.4. The molecule has 13 heavy (non-hydrogen) atoms. The van der Waals surface area contributed by atoms with E-state index >= 15 is 0 Å². The largest absolute Gasteiger partial charge is 0.409 e. The number of amidine groups is 1. The molecule has 5 heteroatoms. The average molecular weight is 261 g/mol. The van der Waals surface area contributed by atoms with E-state index in [0.29, 0.717) is 0 Å². The summed E-state index contributed by atoms with van der Waals surface area (Å²) in [4.78, 5) is 0.977. The molecule has 1 rings (SSSR count). The van der Waals surface area contributed by atoms with Crippen LogP contribution in [0.1, 0.15) is 5.56 Å². The Morgan fingerprint density at radius 2 is 2.31 bits per heavy atom. The maximum Gasteiger partial charge on any atom is 0.171 e. The van der Waals surface area contributed by atoms with Crippen LogP contribution in [0.3, 0.4) is 0 Å². The third-order valence-electron chi connectivity index (χ3n) is 1.55. The Morgan fingerprint density at radius 1 is 1.62 bits per heavy atom. The second kappa shape index (κ2) is 4.53. The van der Waals surface area contributed by atoms with Crippen LogP contribution in [-0.4, -0.2) is 17.3 Å². The lowest BCUT2D eigenvalue weighted by Crippen LogP contribution is -2.14. The summed E-state index contributed by atoms with van der Waals surface area (Å²) in [5.74, 6) is 0.136. The fourth-order valence-corrected chi connectivity index (χ4v) is 2.08. The third kappa shape index (κ3) is 2.38. The van der Waals surface area contributed by atoms with E-state index < -0.39 is 0 Å². The van der Waals surface area contributed by atoms with E-state index in [2.05, 4.69) is 21.1 Å². The molecule has 0 bridgehead atoms. The van der Waals surface area contributed by atoms with Crippen LogP contribution in [0.5, 0.6) is 0 Å². The first-order chi connectivity index (χ1) is 6.19. The highest BCUT2D eigenvalue weighted by Gasteiger charge is 2.05. The second-order valence-electron chi connectivity index (χ2n) is 2.33. The Hall–Kier alpha value is -0.680. The first-order valence-corrected chi connectivity index (χ1v) is 5.52. The van der Waals surface area contributed by atoms with Crippen molar-refractivity contribution in [2.24, 2.45) is 10.9 Å². The van der Waals surface area contributed by atoms with Gasteiger partial charge in [-0.2, -0.15) is 0 Å². The summed E-state index contributed by atoms with van der Waals surface area (Å²) in [7, 11) is 0. The van der Waals surface area contributed by atoms with Crippen molar-refractivity contribution in [1.82, 2.24) is 0 Å². The molecule has 0 aliphatic carbocycles. The lowest BCUT2D eigenvalue weighted by molar-refractivity contribution is 0.318. The number of halogens is 1. The highest BCUT2D eigenvalue weighted by atomic mass is 79.9. The standard InChI is InChI=1S/C8H9BrN2OS/c1-13-7-4-5(9)2-3-6(7)8(10)11-12/h2-4,12H,1H3,(H2,10,11). The van der Waals surface area contributed by atoms with Gasteiger partial charge in [0.1, 0.15) is 0 Å². The lowest BCUT2D eigenvalue weighted by atomic mass is 10.2. The van der Waals surface area contributed by atoms with Gasteiger partial charge < -0.3 is 10.9 Å². The molecule has 0 saturated carbocycles. The van der Waals surface area contributed by atoms with Gasteiger partial charge in [-0.1, -0.05) is 21.1 Å². The fraction of sp³-hybridized carbons (Fsp3) is 0.125. The van der Waals surface area contributed by atoms with E-state index in [4.69, 9.17) is 10.9 Å². The lowest BCUT2D eigenvalue weighted by Gasteiger charge is -2.05. The predicted octanol–water partition coefficient (Wildman–Crippen LogP) is 2.27. The van der Waals surface area contributed by atoms with E-state index in [1.54, 1.807) is 11.8 Å². The van der Waals surface area contributed by atoms with Gasteiger partial charge in [-0.05, 0) is 24.5 Å². The van der Waals surface area contributed by atoms with Crippen molar-refractivity contribution in [2.75, 3.05) is 6.26 Å². The van der Waals surface area contributed by atoms with Gasteiger partial charge in [-0.25, -0.2) is 0 Å². The highest BCUT2D eigenvalue weighted by molar-refractivity contribution is 9.10. The van der Waals surface area contributed by atoms with Crippen molar-refractivity contribution in [1.29, 1.82) is 0 Å². The summed E-state index contributed by atoms with van der Waals surface area (Å²) < 4.78 is 0.978. The monoisotopic (exact) mass is 260 g/mol. The summed E-state index contributed by atoms with van der Waals surface area (Å²) in [6.07, 6.45) is 1.94. The molecule has 70 valence electrons. The summed E-state index contributed by atoms with van der Waals surface area (Å²) in [6, 6.07) is 5.59. The van der Waals surface area contributed by atoms with Crippen LogP contribution < -0.4 is 5.73 Å². The zero-order chi connectivity index (χ0) is 9.84. The number of hydrogen-bond acceptors (Lipinski definition) is 3. The van der Waals surface area contributed by atoms with Crippen molar-refractivity contribution >= 4 is 33.5 Å². The molecule has 0 radical (unpaired) electrons. The molecule has 1 aromatic carbocycles. The zero-order valence-corrected chi connectivity index (χ0v) is 9.39. The summed E-state index contributed by atoms with van der Waals surface area (Å²) in [6.45, 7) is 0. The molecule has 0 unspecified atom stereocenters. The molecule has 0 amide bonds. The molecule has 0 spiro atoms. The minimum atomic E-state index is 0.136. The molecule has 0 fully saturated rings. The van der Waals surface area contributed by atoms with Gasteiger partial charge in [0.2, 0.25) is 0 Å². The topological polar surface area (TPSA) is 58.6 Å². The Kier molecular flexibility index (Phi) is 3.62. The minimum absolute atomic E-state index is 0.136. The molecule has 3 nitrogen and oxygen atoms in total. The van der Waals surface area contributed by atoms with E-state index in [1.807, 2.05) is 24.5 Å². The van der Waals surface area contributed by atoms with E-state index in [9.17, 15) is 0 Å². The summed E-state index contributed by atoms with van der Waals surface area (Å²) >= 11 is 4.90. The average Bonchev–Trinajstić information content (AvgIpc) is 2.16. The SMILES string of the molecule is CSc1cc(Br)ccc1/C(N)=N/O. The van der Waals surface area contributed by atoms with E-state index in [0.717, 1.165) is 14.9 Å². The van der Waals surface area contributed by atoms with Crippen LogP contribution >= 0.6 is 27.7 Å². The maximum atomic E-state index is 8.52. The zero-order valence-electron chi connectivity index (χ0n) is 6.99. The van der Waals surface area contributed by atoms with Crippen molar-refractivity contribution in [2.45, 2.75) is 4.90 Å². The molecule has 0 aliphatic heterocycles. The van der Waals surface area contributed by atoms with Crippen LogP contribution in [0, 0.1) is 0 Å². The Bertz CT molecular complexity index is 341. The van der Waals surface area contributed by atoms with Gasteiger partial charge in [0.25, 0.3) is 0 Å². The van der Waals surface area contributed by atoms with Gasteiger partial charge in [-0.15, -0.1) is 11.8 Å². The van der Waals surface area contributed by atoms with Crippen LogP contribution in [0.2, 0.25) is 0 Å². The number of thioether (sulfide) groups is 1. The Labute approximate surface area is 89.1 Å². The van der Waals surface area contributed by atoms with Crippen molar-refractivity contribution in [3.8, 4) is 0 Å². The Balaban J connectivity index is 3.21. The second-order valence-corrected chi connectivity index (χ2v) is 4.09. The molecule has 0 aliphatic rings. The fourth-order valence-electron chi connectivity index (χ4n) is 0.931. The molecule has 1 aromatic rings. The van der Waals surface area contributed by atoms with E-state index in [-0.39, 0.29) is 5.84 Å². The minimum Gasteiger partial charge on any atom is -0.409 e. The highest BCUT2D eigenvalue weighted by Crippen LogP contribution is 2.24. The smallest absolute Gasteiger partial charge is 0.171 e. The number of nitrogens with zero attached hydrogens (tertiary/aromatic N) is 1. The molecular formula is C8H9BrN2OS. The Morgan fingerprint density at radius 3 is 2.85 bits per heavy atom. The molecular weight excluding hydrogens is 252 g/mol. The summed E-state index contributed by atoms with van der Waals surface area (Å²) in [5.41, 5.74) is 6.24. The van der Waals surface area contributed by atoms with Gasteiger partial charge in [0.15, 0.2) is 5.84 Å². The third-order valence-corrected chi connectivity index (χ3v) is 2.82. The van der Waals surface area contributed by atoms with Gasteiger partial charge in [0.05, 0.1) is 0 Å². The van der Waals surface area contributed by atoms with Crippen molar-refractivity contribution in [3.05, 3.63) is 28.2 Å². The summed E-state index contributed by atoms with van der Waals surface area (Å²) in [5, 5.41) is 11.5. The molecule has 0 atom stereocenters. The normalized spacial score (nSPS) is 11.7. The predicted molar refractivity (Wildman–Crippen MR) is 58.4 cm³/mol. The quantitative estimate of drug-likeness (QED) is 0.282. The van der Waals surface area contributed by atoms with E-state index in [1.165, 1.54) is 0 Å². The number of hydrogen-bond donors (Lipinski definition) is 2. The van der Waals surface area contributed by atoms with Crippen LogP contribution in [0.4, 0.5) is 0 Å². The molecule has 0 aromatic heterocycles. The van der Waals surface area contributed by atoms with Gasteiger partial charge >= 0.3 is 0 Å². The van der Waals surface area contributed by atoms with Gasteiger partial charge in [0, 0.05) is 14.9 Å². The molecule has 3 N–H and O–H groups in total. The number of benzene rings is 1. The first-order valence-electron chi connectivity index (χ1n) is 3.50. The van der Waals surface area contributed by atoms with Crippen molar-refractivity contribution in [3.63, 3.8) is 0 Å². The van der Waals surface area contributed by atoms with Crippen molar-refractivity contribution < 1.29 is 5.21 Å². The molecule has 0 saturated heterocycles. The van der Waals surface area contributed by atoms with Crippen LogP contribution in [-0.2, 0) is 0 Å². The number of nitrogens with two attached hydrogens (primary N) is 1.